The summed E-state index contributed by atoms with van der Waals surface area (Å²) >= 11 is 1.01. The Morgan fingerprint density at radius 2 is 2.20 bits per heavy atom. The number of nitriles is 1. The number of guanidine groups is 1. The minimum atomic E-state index is -4.41. The van der Waals surface area contributed by atoms with Crippen LogP contribution in [-0.4, -0.2) is 43.7 Å². The van der Waals surface area contributed by atoms with E-state index >= 15 is 0 Å². The van der Waals surface area contributed by atoms with Crippen LogP contribution < -0.4 is 15.5 Å². The van der Waals surface area contributed by atoms with Crippen LogP contribution in [0.1, 0.15) is 29.1 Å². The summed E-state index contributed by atoms with van der Waals surface area (Å²) in [5.41, 5.74) is 0.742. The van der Waals surface area contributed by atoms with E-state index in [1.807, 2.05) is 24.3 Å². The Labute approximate surface area is 177 Å². The lowest BCUT2D eigenvalue weighted by atomic mass is 10.0. The SMILES string of the molecule is CN=C(NCCc1nc(C(F)(F)F)cs1)NC1CCCN(c2ccccc2C#N)C1. The van der Waals surface area contributed by atoms with Gasteiger partial charge in [0.2, 0.25) is 0 Å². The fourth-order valence-electron chi connectivity index (χ4n) is 3.39. The maximum atomic E-state index is 12.6. The molecule has 0 amide bonds. The van der Waals surface area contributed by atoms with Gasteiger partial charge < -0.3 is 15.5 Å². The van der Waals surface area contributed by atoms with Gasteiger partial charge in [-0.25, -0.2) is 4.98 Å². The Balaban J connectivity index is 1.52. The molecule has 0 saturated carbocycles. The van der Waals surface area contributed by atoms with Crippen LogP contribution in [0.5, 0.6) is 0 Å². The maximum absolute atomic E-state index is 12.6. The van der Waals surface area contributed by atoms with Gasteiger partial charge in [-0.1, -0.05) is 12.1 Å². The van der Waals surface area contributed by atoms with E-state index in [4.69, 9.17) is 0 Å². The minimum absolute atomic E-state index is 0.147. The molecule has 2 heterocycles. The number of aromatic nitrogens is 1. The van der Waals surface area contributed by atoms with Crippen molar-refractivity contribution in [1.29, 1.82) is 5.26 Å². The largest absolute Gasteiger partial charge is 0.434 e. The van der Waals surface area contributed by atoms with Crippen molar-refractivity contribution < 1.29 is 13.2 Å². The number of anilines is 1. The Kier molecular flexibility index (Phi) is 7.15. The van der Waals surface area contributed by atoms with E-state index in [-0.39, 0.29) is 6.04 Å². The number of benzene rings is 1. The number of piperidine rings is 1. The molecule has 0 aliphatic carbocycles. The summed E-state index contributed by atoms with van der Waals surface area (Å²) in [7, 11) is 1.66. The lowest BCUT2D eigenvalue weighted by Crippen LogP contribution is -2.51. The van der Waals surface area contributed by atoms with Gasteiger partial charge >= 0.3 is 6.18 Å². The Morgan fingerprint density at radius 1 is 1.40 bits per heavy atom. The lowest BCUT2D eigenvalue weighted by molar-refractivity contribution is -0.140. The summed E-state index contributed by atoms with van der Waals surface area (Å²) in [5, 5.41) is 17.3. The highest BCUT2D eigenvalue weighted by atomic mass is 32.1. The second-order valence-corrected chi connectivity index (χ2v) is 7.87. The van der Waals surface area contributed by atoms with Gasteiger partial charge in [-0.15, -0.1) is 11.3 Å². The predicted molar refractivity (Wildman–Crippen MR) is 112 cm³/mol. The number of rotatable bonds is 5. The first kappa shape index (κ1) is 21.9. The number of hydrogen-bond acceptors (Lipinski definition) is 5. The van der Waals surface area contributed by atoms with Gasteiger partial charge in [-0.2, -0.15) is 18.4 Å². The molecule has 0 bridgehead atoms. The standard InChI is InChI=1S/C20H23F3N6S/c1-25-19(26-9-8-18-28-17(13-30-18)20(21,22)23)27-15-6-4-10-29(12-15)16-7-3-2-5-14(16)11-24/h2-3,5,7,13,15H,4,6,8-10,12H2,1H3,(H2,25,26,27). The molecule has 1 fully saturated rings. The van der Waals surface area contributed by atoms with E-state index in [0.717, 1.165) is 48.3 Å². The van der Waals surface area contributed by atoms with E-state index in [9.17, 15) is 18.4 Å². The zero-order chi connectivity index (χ0) is 21.6. The molecular formula is C20H23F3N6S. The van der Waals surface area contributed by atoms with Crippen LogP contribution in [0.3, 0.4) is 0 Å². The molecule has 0 radical (unpaired) electrons. The zero-order valence-corrected chi connectivity index (χ0v) is 17.4. The molecule has 2 aromatic rings. The average molecular weight is 437 g/mol. The molecule has 1 saturated heterocycles. The molecule has 10 heteroatoms. The first-order valence-corrected chi connectivity index (χ1v) is 10.5. The summed E-state index contributed by atoms with van der Waals surface area (Å²) < 4.78 is 37.9. The quantitative estimate of drug-likeness (QED) is 0.555. The molecule has 30 heavy (non-hydrogen) atoms. The fraction of sp³-hybridized carbons (Fsp3) is 0.450. The summed E-state index contributed by atoms with van der Waals surface area (Å²) in [5.74, 6) is 0.600. The highest BCUT2D eigenvalue weighted by Crippen LogP contribution is 2.30. The number of halogens is 3. The Hall–Kier alpha value is -2.80. The van der Waals surface area contributed by atoms with Gasteiger partial charge in [-0.3, -0.25) is 4.99 Å². The fourth-order valence-corrected chi connectivity index (χ4v) is 4.19. The Bertz CT molecular complexity index is 918. The van der Waals surface area contributed by atoms with E-state index in [1.165, 1.54) is 0 Å². The van der Waals surface area contributed by atoms with Crippen LogP contribution in [-0.2, 0) is 12.6 Å². The first-order valence-electron chi connectivity index (χ1n) is 9.63. The molecule has 6 nitrogen and oxygen atoms in total. The number of nitrogens with one attached hydrogen (secondary N) is 2. The van der Waals surface area contributed by atoms with Crippen LogP contribution in [0.2, 0.25) is 0 Å². The molecule has 160 valence electrons. The molecular weight excluding hydrogens is 413 g/mol. The number of nitrogens with zero attached hydrogens (tertiary/aromatic N) is 4. The predicted octanol–water partition coefficient (Wildman–Crippen LogP) is 3.41. The smallest absolute Gasteiger partial charge is 0.368 e. The minimum Gasteiger partial charge on any atom is -0.368 e. The number of aliphatic imine (C=N–C) groups is 1. The third kappa shape index (κ3) is 5.63. The number of hydrogen-bond donors (Lipinski definition) is 2. The maximum Gasteiger partial charge on any atom is 0.434 e. The second-order valence-electron chi connectivity index (χ2n) is 6.93. The molecule has 3 rings (SSSR count). The summed E-state index contributed by atoms with van der Waals surface area (Å²) in [4.78, 5) is 10.1. The molecule has 1 aromatic heterocycles. The van der Waals surface area contributed by atoms with E-state index < -0.39 is 11.9 Å². The molecule has 1 unspecified atom stereocenters. The second kappa shape index (κ2) is 9.80. The van der Waals surface area contributed by atoms with Crippen molar-refractivity contribution in [2.75, 3.05) is 31.6 Å². The van der Waals surface area contributed by atoms with Gasteiger partial charge in [0.15, 0.2) is 11.7 Å². The third-order valence-electron chi connectivity index (χ3n) is 4.82. The van der Waals surface area contributed by atoms with Gasteiger partial charge in [-0.05, 0) is 25.0 Å². The van der Waals surface area contributed by atoms with E-state index in [0.29, 0.717) is 29.5 Å². The summed E-state index contributed by atoms with van der Waals surface area (Å²) in [6.45, 7) is 2.05. The first-order chi connectivity index (χ1) is 14.4. The van der Waals surface area contributed by atoms with Crippen molar-refractivity contribution in [2.24, 2.45) is 4.99 Å². The topological polar surface area (TPSA) is 76.3 Å². The monoisotopic (exact) mass is 436 g/mol. The van der Waals surface area contributed by atoms with Crippen LogP contribution in [0.4, 0.5) is 18.9 Å². The van der Waals surface area contributed by atoms with E-state index in [1.54, 1.807) is 7.05 Å². The highest BCUT2D eigenvalue weighted by Gasteiger charge is 2.33. The molecule has 1 aliphatic rings. The number of para-hydroxylation sites is 1. The summed E-state index contributed by atoms with van der Waals surface area (Å²) in [6, 6.07) is 9.94. The van der Waals surface area contributed by atoms with Gasteiger partial charge in [0.25, 0.3) is 0 Å². The Morgan fingerprint density at radius 3 is 2.90 bits per heavy atom. The zero-order valence-electron chi connectivity index (χ0n) is 16.5. The molecule has 1 aromatic carbocycles. The van der Waals surface area contributed by atoms with Crippen LogP contribution in [0.25, 0.3) is 0 Å². The van der Waals surface area contributed by atoms with Gasteiger partial charge in [0.05, 0.1) is 16.3 Å². The van der Waals surface area contributed by atoms with E-state index in [2.05, 4.69) is 31.6 Å². The summed E-state index contributed by atoms with van der Waals surface area (Å²) in [6.07, 6.45) is -2.08. The van der Waals surface area contributed by atoms with Crippen LogP contribution >= 0.6 is 11.3 Å². The van der Waals surface area contributed by atoms with Crippen molar-refractivity contribution in [3.63, 3.8) is 0 Å². The highest BCUT2D eigenvalue weighted by molar-refractivity contribution is 7.09. The number of thiazole rings is 1. The molecule has 0 spiro atoms. The van der Waals surface area contributed by atoms with Crippen LogP contribution in [0, 0.1) is 11.3 Å². The molecule has 2 N–H and O–H groups in total. The molecule has 1 aliphatic heterocycles. The third-order valence-corrected chi connectivity index (χ3v) is 5.73. The van der Waals surface area contributed by atoms with Gasteiger partial charge in [0, 0.05) is 44.5 Å². The molecule has 1 atom stereocenters. The van der Waals surface area contributed by atoms with Crippen molar-refractivity contribution in [2.45, 2.75) is 31.5 Å². The van der Waals surface area contributed by atoms with Crippen molar-refractivity contribution in [1.82, 2.24) is 15.6 Å². The lowest BCUT2D eigenvalue weighted by Gasteiger charge is -2.35. The van der Waals surface area contributed by atoms with Crippen molar-refractivity contribution >= 4 is 23.0 Å². The van der Waals surface area contributed by atoms with Crippen LogP contribution in [0.15, 0.2) is 34.6 Å². The van der Waals surface area contributed by atoms with Crippen molar-refractivity contribution in [3.05, 3.63) is 45.9 Å². The van der Waals surface area contributed by atoms with Crippen molar-refractivity contribution in [3.8, 4) is 6.07 Å². The normalized spacial score (nSPS) is 17.5. The number of alkyl halides is 3. The van der Waals surface area contributed by atoms with Gasteiger partial charge in [0.1, 0.15) is 6.07 Å². The average Bonchev–Trinajstić information content (AvgIpc) is 3.23.